The number of ketones is 1. The molecular formula is C19H22N2O5. The Bertz CT molecular complexity index is 836. The van der Waals surface area contributed by atoms with Crippen LogP contribution < -0.4 is 10.1 Å². The highest BCUT2D eigenvalue weighted by molar-refractivity contribution is 6.02. The van der Waals surface area contributed by atoms with Crippen molar-refractivity contribution in [3.63, 3.8) is 0 Å². The molecule has 0 bridgehead atoms. The normalized spacial score (nSPS) is 11.6. The minimum absolute atomic E-state index is 0.138. The summed E-state index contributed by atoms with van der Waals surface area (Å²) in [7, 11) is 1.55. The summed E-state index contributed by atoms with van der Waals surface area (Å²) in [6, 6.07) is 6.78. The topological polar surface area (TPSA) is 97.5 Å². The lowest BCUT2D eigenvalue weighted by Gasteiger charge is -2.13. The van der Waals surface area contributed by atoms with E-state index < -0.39 is 18.0 Å². The molecule has 138 valence electrons. The van der Waals surface area contributed by atoms with Crippen molar-refractivity contribution in [3.05, 3.63) is 46.8 Å². The van der Waals surface area contributed by atoms with Crippen molar-refractivity contribution < 1.29 is 23.9 Å². The number of rotatable bonds is 6. The number of carbonyl (C=O) groups excluding carboxylic acids is 3. The van der Waals surface area contributed by atoms with Gasteiger partial charge < -0.3 is 19.8 Å². The van der Waals surface area contributed by atoms with Crippen molar-refractivity contribution in [1.82, 2.24) is 4.98 Å². The highest BCUT2D eigenvalue weighted by Crippen LogP contribution is 2.20. The number of aryl methyl sites for hydroxylation is 1. The van der Waals surface area contributed by atoms with E-state index in [-0.39, 0.29) is 11.5 Å². The van der Waals surface area contributed by atoms with Gasteiger partial charge in [0.15, 0.2) is 11.9 Å². The molecule has 7 nitrogen and oxygen atoms in total. The van der Waals surface area contributed by atoms with Crippen molar-refractivity contribution in [2.45, 2.75) is 33.8 Å². The second-order valence-corrected chi connectivity index (χ2v) is 5.95. The molecule has 1 atom stereocenters. The molecule has 26 heavy (non-hydrogen) atoms. The summed E-state index contributed by atoms with van der Waals surface area (Å²) >= 11 is 0. The van der Waals surface area contributed by atoms with Gasteiger partial charge >= 0.3 is 5.97 Å². The summed E-state index contributed by atoms with van der Waals surface area (Å²) in [5.74, 6) is -0.617. The number of benzene rings is 1. The molecule has 1 unspecified atom stereocenters. The molecule has 0 aliphatic rings. The Balaban J connectivity index is 2.05. The minimum atomic E-state index is -1.01. The van der Waals surface area contributed by atoms with Gasteiger partial charge in [-0.25, -0.2) is 4.79 Å². The molecule has 0 fully saturated rings. The summed E-state index contributed by atoms with van der Waals surface area (Å²) in [4.78, 5) is 39.1. The maximum atomic E-state index is 12.3. The number of hydrogen-bond donors (Lipinski definition) is 2. The van der Waals surface area contributed by atoms with Crippen LogP contribution in [0.2, 0.25) is 0 Å². The van der Waals surface area contributed by atoms with Gasteiger partial charge in [-0.3, -0.25) is 9.59 Å². The van der Waals surface area contributed by atoms with E-state index in [0.717, 1.165) is 0 Å². The van der Waals surface area contributed by atoms with E-state index in [2.05, 4.69) is 10.3 Å². The maximum Gasteiger partial charge on any atom is 0.355 e. The molecule has 1 heterocycles. The molecule has 0 spiro atoms. The van der Waals surface area contributed by atoms with E-state index in [9.17, 15) is 14.4 Å². The first kappa shape index (κ1) is 19.2. The second kappa shape index (κ2) is 7.86. The van der Waals surface area contributed by atoms with Crippen LogP contribution in [0.1, 0.15) is 46.0 Å². The van der Waals surface area contributed by atoms with Crippen LogP contribution in [0.25, 0.3) is 0 Å². The van der Waals surface area contributed by atoms with Crippen LogP contribution >= 0.6 is 0 Å². The van der Waals surface area contributed by atoms with Gasteiger partial charge in [0.2, 0.25) is 0 Å². The fraction of sp³-hybridized carbons (Fsp3) is 0.316. The van der Waals surface area contributed by atoms with Crippen molar-refractivity contribution in [3.8, 4) is 5.75 Å². The Morgan fingerprint density at radius 1 is 1.12 bits per heavy atom. The Kier molecular flexibility index (Phi) is 5.82. The molecule has 0 saturated heterocycles. The zero-order chi connectivity index (χ0) is 19.4. The first-order chi connectivity index (χ1) is 12.2. The fourth-order valence-corrected chi connectivity index (χ4v) is 2.67. The highest BCUT2D eigenvalue weighted by atomic mass is 16.5. The van der Waals surface area contributed by atoms with Gasteiger partial charge in [-0.15, -0.1) is 0 Å². The number of H-pyrrole nitrogens is 1. The first-order valence-electron chi connectivity index (χ1n) is 8.10. The summed E-state index contributed by atoms with van der Waals surface area (Å²) < 4.78 is 10.3. The van der Waals surface area contributed by atoms with Crippen molar-refractivity contribution in [1.29, 1.82) is 0 Å². The number of Topliss-reactive ketones (excluding diaryl/α,β-unsaturated/α-hetero) is 1. The number of ether oxygens (including phenoxy) is 2. The van der Waals surface area contributed by atoms with Crippen LogP contribution in [0.15, 0.2) is 24.3 Å². The second-order valence-electron chi connectivity index (χ2n) is 5.95. The lowest BCUT2D eigenvalue weighted by Crippen LogP contribution is -2.30. The van der Waals surface area contributed by atoms with Crippen LogP contribution in [0, 0.1) is 13.8 Å². The molecule has 1 aromatic carbocycles. The van der Waals surface area contributed by atoms with Gasteiger partial charge in [-0.05, 0) is 57.5 Å². The number of aromatic amines is 1. The fourth-order valence-electron chi connectivity index (χ4n) is 2.67. The molecule has 0 aliphatic heterocycles. The van der Waals surface area contributed by atoms with Crippen LogP contribution in [0.3, 0.4) is 0 Å². The van der Waals surface area contributed by atoms with Crippen LogP contribution in [-0.2, 0) is 9.53 Å². The number of hydrogen-bond acceptors (Lipinski definition) is 5. The predicted octanol–water partition coefficient (Wildman–Crippen LogP) is 3.03. The molecule has 2 aromatic rings. The SMILES string of the molecule is COc1ccc(NC(=O)C(C)OC(=O)c2[nH]c(C)c(C(C)=O)c2C)cc1. The monoisotopic (exact) mass is 358 g/mol. The van der Waals surface area contributed by atoms with Gasteiger partial charge in [0.05, 0.1) is 7.11 Å². The number of aromatic nitrogens is 1. The van der Waals surface area contributed by atoms with E-state index in [1.54, 1.807) is 45.2 Å². The standard InChI is InChI=1S/C19H22N2O5/c1-10-16(12(3)22)11(2)20-17(10)19(24)26-13(4)18(23)21-14-6-8-15(25-5)9-7-14/h6-9,13,20H,1-5H3,(H,21,23). The molecule has 2 rings (SSSR count). The molecule has 1 aromatic heterocycles. The van der Waals surface area contributed by atoms with Gasteiger partial charge in [0, 0.05) is 16.9 Å². The van der Waals surface area contributed by atoms with Crippen molar-refractivity contribution in [2.75, 3.05) is 12.4 Å². The highest BCUT2D eigenvalue weighted by Gasteiger charge is 2.24. The largest absolute Gasteiger partial charge is 0.497 e. The zero-order valence-electron chi connectivity index (χ0n) is 15.4. The van der Waals surface area contributed by atoms with Gasteiger partial charge in [0.25, 0.3) is 5.91 Å². The Labute approximate surface area is 151 Å². The minimum Gasteiger partial charge on any atom is -0.497 e. The quantitative estimate of drug-likeness (QED) is 0.611. The smallest absolute Gasteiger partial charge is 0.355 e. The average molecular weight is 358 g/mol. The number of amides is 1. The summed E-state index contributed by atoms with van der Waals surface area (Å²) in [6.07, 6.45) is -1.01. The van der Waals surface area contributed by atoms with E-state index in [1.165, 1.54) is 13.8 Å². The van der Waals surface area contributed by atoms with E-state index in [0.29, 0.717) is 28.3 Å². The first-order valence-corrected chi connectivity index (χ1v) is 8.10. The molecule has 1 amide bonds. The molecule has 0 radical (unpaired) electrons. The van der Waals surface area contributed by atoms with Crippen LogP contribution in [0.5, 0.6) is 5.75 Å². The third kappa shape index (κ3) is 4.11. The third-order valence-electron chi connectivity index (χ3n) is 4.00. The molecule has 0 aliphatic carbocycles. The molecule has 0 saturated carbocycles. The molecule has 2 N–H and O–H groups in total. The molecule has 7 heteroatoms. The van der Waals surface area contributed by atoms with Crippen molar-refractivity contribution in [2.24, 2.45) is 0 Å². The Morgan fingerprint density at radius 3 is 2.23 bits per heavy atom. The summed E-state index contributed by atoms with van der Waals surface area (Å²) in [5.41, 5.74) is 2.31. The third-order valence-corrected chi connectivity index (χ3v) is 4.00. The zero-order valence-corrected chi connectivity index (χ0v) is 15.4. The van der Waals surface area contributed by atoms with E-state index in [1.807, 2.05) is 0 Å². The summed E-state index contributed by atoms with van der Waals surface area (Å²) in [5, 5.41) is 2.66. The van der Waals surface area contributed by atoms with E-state index >= 15 is 0 Å². The predicted molar refractivity (Wildman–Crippen MR) is 96.8 cm³/mol. The number of anilines is 1. The van der Waals surface area contributed by atoms with Crippen LogP contribution in [-0.4, -0.2) is 35.9 Å². The average Bonchev–Trinajstić information content (AvgIpc) is 2.90. The number of esters is 1. The van der Waals surface area contributed by atoms with Crippen LogP contribution in [0.4, 0.5) is 5.69 Å². The number of nitrogens with one attached hydrogen (secondary N) is 2. The Hall–Kier alpha value is -3.09. The number of carbonyl (C=O) groups is 3. The van der Waals surface area contributed by atoms with Gasteiger partial charge in [-0.1, -0.05) is 0 Å². The number of methoxy groups -OCH3 is 1. The Morgan fingerprint density at radius 2 is 1.73 bits per heavy atom. The van der Waals surface area contributed by atoms with Crippen molar-refractivity contribution >= 4 is 23.3 Å². The lowest BCUT2D eigenvalue weighted by atomic mass is 10.1. The maximum absolute atomic E-state index is 12.3. The van der Waals surface area contributed by atoms with E-state index in [4.69, 9.17) is 9.47 Å². The summed E-state index contributed by atoms with van der Waals surface area (Å²) in [6.45, 7) is 6.29. The van der Waals surface area contributed by atoms with Gasteiger partial charge in [0.1, 0.15) is 11.4 Å². The van der Waals surface area contributed by atoms with Gasteiger partial charge in [-0.2, -0.15) is 0 Å². The molecular weight excluding hydrogens is 336 g/mol. The lowest BCUT2D eigenvalue weighted by molar-refractivity contribution is -0.123.